The molecule has 0 amide bonds. The third kappa shape index (κ3) is 51.8. The molecule has 0 radical (unpaired) electrons. The molecule has 0 aliphatic heterocycles. The SMILES string of the molecule is CC=O.N.O=[N+]([O-])O. The second kappa shape index (κ2) is 17.0. The summed E-state index contributed by atoms with van der Waals surface area (Å²) >= 11 is 0. The van der Waals surface area contributed by atoms with Crippen LogP contribution in [-0.2, 0) is 4.79 Å². The van der Waals surface area contributed by atoms with E-state index in [-0.39, 0.29) is 6.15 Å². The zero-order valence-corrected chi connectivity index (χ0v) is 4.40. The molecule has 0 saturated carbocycles. The summed E-state index contributed by atoms with van der Waals surface area (Å²) in [6.45, 7) is 1.44. The number of nitrogens with zero attached hydrogens (tertiary/aromatic N) is 1. The Kier molecular flexibility index (Phi) is 33.6. The van der Waals surface area contributed by atoms with E-state index >= 15 is 0 Å². The van der Waals surface area contributed by atoms with E-state index in [4.69, 9.17) is 20.1 Å². The van der Waals surface area contributed by atoms with Crippen LogP contribution in [0.2, 0.25) is 0 Å². The van der Waals surface area contributed by atoms with Crippen LogP contribution < -0.4 is 6.15 Å². The van der Waals surface area contributed by atoms with Crippen LogP contribution in [0, 0.1) is 10.1 Å². The third-order valence-corrected chi connectivity index (χ3v) is 0. The van der Waals surface area contributed by atoms with Gasteiger partial charge in [0.15, 0.2) is 0 Å². The molecule has 0 unspecified atom stereocenters. The van der Waals surface area contributed by atoms with Gasteiger partial charge in [0.05, 0.1) is 0 Å². The monoisotopic (exact) mass is 124 g/mol. The highest BCUT2D eigenvalue weighted by Gasteiger charge is 1.65. The van der Waals surface area contributed by atoms with Gasteiger partial charge in [-0.3, -0.25) is 0 Å². The molecule has 0 aliphatic carbocycles. The van der Waals surface area contributed by atoms with Crippen LogP contribution in [0.25, 0.3) is 0 Å². The van der Waals surface area contributed by atoms with Crippen LogP contribution in [0.4, 0.5) is 0 Å². The Morgan fingerprint density at radius 1 is 1.75 bits per heavy atom. The summed E-state index contributed by atoms with van der Waals surface area (Å²) in [5.74, 6) is 0. The van der Waals surface area contributed by atoms with E-state index < -0.39 is 5.09 Å². The minimum atomic E-state index is -1.50. The molecule has 0 bridgehead atoms. The van der Waals surface area contributed by atoms with E-state index in [1.54, 1.807) is 0 Å². The summed E-state index contributed by atoms with van der Waals surface area (Å²) in [7, 11) is 0. The Balaban J connectivity index is -0.0000000575. The summed E-state index contributed by atoms with van der Waals surface area (Å²) in [5.41, 5.74) is 0. The Hall–Kier alpha value is -1.17. The number of carbonyl (C=O) groups is 1. The molecule has 0 aromatic rings. The molecule has 8 heavy (non-hydrogen) atoms. The maximum atomic E-state index is 8.81. The first kappa shape index (κ1) is 15.8. The van der Waals surface area contributed by atoms with Crippen molar-refractivity contribution in [3.63, 3.8) is 0 Å². The van der Waals surface area contributed by atoms with Gasteiger partial charge in [-0.2, -0.15) is 0 Å². The van der Waals surface area contributed by atoms with Crippen molar-refractivity contribution >= 4 is 6.29 Å². The largest absolute Gasteiger partial charge is 0.344 e. The molecular weight excluding hydrogens is 116 g/mol. The van der Waals surface area contributed by atoms with Crippen LogP contribution in [0.15, 0.2) is 0 Å². The Bertz CT molecular complexity index is 59.1. The normalized spacial score (nSPS) is 4.62. The van der Waals surface area contributed by atoms with Crippen molar-refractivity contribution in [1.29, 1.82) is 0 Å². The second-order valence-electron chi connectivity index (χ2n) is 0.474. The van der Waals surface area contributed by atoms with Gasteiger partial charge in [0.2, 0.25) is 0 Å². The Morgan fingerprint density at radius 2 is 1.75 bits per heavy atom. The maximum absolute atomic E-state index is 8.81. The molecule has 0 aromatic carbocycles. The number of rotatable bonds is 0. The highest BCUT2D eigenvalue weighted by molar-refractivity contribution is 5.44. The first-order valence-electron chi connectivity index (χ1n) is 1.38. The smallest absolute Gasteiger partial charge is 0.291 e. The maximum Gasteiger partial charge on any atom is 0.291 e. The van der Waals surface area contributed by atoms with Crippen LogP contribution in [0.3, 0.4) is 0 Å². The highest BCUT2D eigenvalue weighted by atomic mass is 16.9. The Labute approximate surface area is 45.8 Å². The summed E-state index contributed by atoms with van der Waals surface area (Å²) < 4.78 is 0. The predicted octanol–water partition coefficient (Wildman–Crippen LogP) is 0.0195. The molecule has 6 heteroatoms. The van der Waals surface area contributed by atoms with Crippen molar-refractivity contribution in [3.8, 4) is 0 Å². The van der Waals surface area contributed by atoms with Crippen molar-refractivity contribution < 1.29 is 15.1 Å². The van der Waals surface area contributed by atoms with E-state index in [1.165, 1.54) is 6.92 Å². The summed E-state index contributed by atoms with van der Waals surface area (Å²) in [4.78, 5) is 17.2. The molecule has 0 aromatic heterocycles. The second-order valence-corrected chi connectivity index (χ2v) is 0.474. The first-order chi connectivity index (χ1) is 3.15. The van der Waals surface area contributed by atoms with Crippen LogP contribution in [0.1, 0.15) is 6.92 Å². The summed E-state index contributed by atoms with van der Waals surface area (Å²) in [5, 5.41) is 13.6. The molecule has 0 fully saturated rings. The van der Waals surface area contributed by atoms with Crippen LogP contribution >= 0.6 is 0 Å². The van der Waals surface area contributed by atoms with Gasteiger partial charge in [-0.15, -0.1) is 10.1 Å². The number of hydrogen-bond acceptors (Lipinski definition) is 4. The standard InChI is InChI=1S/C2H4O.HNO3.H3N/c1-2-3;2-1(3)4;/h2H,1H3;(H,2,3,4);1H3. The van der Waals surface area contributed by atoms with Gasteiger partial charge in [0.25, 0.3) is 5.09 Å². The topological polar surface area (TPSA) is 115 Å². The molecule has 0 heterocycles. The van der Waals surface area contributed by atoms with Gasteiger partial charge in [-0.1, -0.05) is 0 Å². The van der Waals surface area contributed by atoms with Gasteiger partial charge in [0.1, 0.15) is 6.29 Å². The van der Waals surface area contributed by atoms with Crippen molar-refractivity contribution in [2.75, 3.05) is 0 Å². The first-order valence-corrected chi connectivity index (χ1v) is 1.38. The minimum absolute atomic E-state index is 0. The fourth-order valence-electron chi connectivity index (χ4n) is 0. The Morgan fingerprint density at radius 3 is 1.75 bits per heavy atom. The van der Waals surface area contributed by atoms with Crippen molar-refractivity contribution in [2.45, 2.75) is 6.92 Å². The quantitative estimate of drug-likeness (QED) is 0.268. The molecule has 0 rings (SSSR count). The summed E-state index contributed by atoms with van der Waals surface area (Å²) in [6, 6.07) is 0. The molecule has 0 aliphatic rings. The molecule has 4 N–H and O–H groups in total. The van der Waals surface area contributed by atoms with Crippen LogP contribution in [-0.4, -0.2) is 16.6 Å². The predicted molar refractivity (Wildman–Crippen MR) is 25.5 cm³/mol. The van der Waals surface area contributed by atoms with Crippen molar-refractivity contribution in [2.24, 2.45) is 0 Å². The molecule has 0 saturated heterocycles. The van der Waals surface area contributed by atoms with Gasteiger partial charge in [-0.05, 0) is 6.92 Å². The molecule has 50 valence electrons. The lowest BCUT2D eigenvalue weighted by molar-refractivity contribution is -0.742. The zero-order chi connectivity index (χ0) is 6.28. The third-order valence-electron chi connectivity index (χ3n) is 0. The van der Waals surface area contributed by atoms with E-state index in [2.05, 4.69) is 0 Å². The zero-order valence-electron chi connectivity index (χ0n) is 4.40. The lowest BCUT2D eigenvalue weighted by atomic mass is 11.0. The average Bonchev–Trinajstić information content (AvgIpc) is 1.33. The molecule has 0 spiro atoms. The number of aldehydes is 1. The average molecular weight is 124 g/mol. The van der Waals surface area contributed by atoms with Crippen molar-refractivity contribution in [1.82, 2.24) is 6.15 Å². The van der Waals surface area contributed by atoms with Gasteiger partial charge in [-0.25, -0.2) is 0 Å². The van der Waals surface area contributed by atoms with Gasteiger partial charge < -0.3 is 16.2 Å². The minimum Gasteiger partial charge on any atom is -0.344 e. The van der Waals surface area contributed by atoms with Gasteiger partial charge in [0, 0.05) is 0 Å². The molecule has 0 atom stereocenters. The van der Waals surface area contributed by atoms with E-state index in [1.807, 2.05) is 0 Å². The van der Waals surface area contributed by atoms with E-state index in [0.717, 1.165) is 6.29 Å². The molecular formula is C2H8N2O4. The van der Waals surface area contributed by atoms with Crippen molar-refractivity contribution in [3.05, 3.63) is 10.1 Å². The summed E-state index contributed by atoms with van der Waals surface area (Å²) in [6.07, 6.45) is 0.750. The van der Waals surface area contributed by atoms with E-state index in [9.17, 15) is 0 Å². The van der Waals surface area contributed by atoms with E-state index in [0.29, 0.717) is 0 Å². The highest BCUT2D eigenvalue weighted by Crippen LogP contribution is 1.38. The lowest BCUT2D eigenvalue weighted by Crippen LogP contribution is -1.81. The fourth-order valence-corrected chi connectivity index (χ4v) is 0. The van der Waals surface area contributed by atoms with Gasteiger partial charge >= 0.3 is 0 Å². The number of hydrogen-bond donors (Lipinski definition) is 2. The lowest BCUT2D eigenvalue weighted by Gasteiger charge is -1.56. The van der Waals surface area contributed by atoms with Crippen LogP contribution in [0.5, 0.6) is 0 Å². The number of carbonyl (C=O) groups excluding carboxylic acids is 1. The molecule has 6 nitrogen and oxygen atoms in total. The fraction of sp³-hybridized carbons (Fsp3) is 0.500.